The van der Waals surface area contributed by atoms with Gasteiger partial charge in [0, 0.05) is 9.26 Å². The highest BCUT2D eigenvalue weighted by Gasteiger charge is 2.23. The van der Waals surface area contributed by atoms with Gasteiger partial charge in [-0.05, 0) is 46.9 Å². The van der Waals surface area contributed by atoms with Gasteiger partial charge in [0.1, 0.15) is 0 Å². The third-order valence-electron chi connectivity index (χ3n) is 2.43. The van der Waals surface area contributed by atoms with Crippen LogP contribution in [0.4, 0.5) is 23.2 Å². The van der Waals surface area contributed by atoms with Crippen LogP contribution in [0, 0.1) is 26.8 Å². The van der Waals surface area contributed by atoms with Crippen molar-refractivity contribution in [1.82, 2.24) is 0 Å². The molecule has 2 aromatic carbocycles. The molecular weight excluding hydrogens is 389 g/mol. The van der Waals surface area contributed by atoms with Gasteiger partial charge in [0.2, 0.25) is 0 Å². The third kappa shape index (κ3) is 2.92. The van der Waals surface area contributed by atoms with Crippen LogP contribution < -0.4 is 5.32 Å². The first-order chi connectivity index (χ1) is 9.40. The first-order valence-electron chi connectivity index (χ1n) is 5.30. The zero-order valence-corrected chi connectivity index (χ0v) is 11.8. The third-order valence-corrected chi connectivity index (χ3v) is 3.10. The molecule has 0 radical (unpaired) electrons. The highest BCUT2D eigenvalue weighted by atomic mass is 127. The van der Waals surface area contributed by atoms with E-state index in [1.54, 1.807) is 18.2 Å². The summed E-state index contributed by atoms with van der Waals surface area (Å²) in [5, 5.41) is 2.27. The largest absolute Gasteiger partial charge is 0.322 e. The molecule has 0 aliphatic carbocycles. The Morgan fingerprint density at radius 3 is 2.35 bits per heavy atom. The van der Waals surface area contributed by atoms with Crippen molar-refractivity contribution >= 4 is 34.2 Å². The van der Waals surface area contributed by atoms with Crippen LogP contribution in [0.15, 0.2) is 30.3 Å². The maximum atomic E-state index is 13.4. The molecule has 0 spiro atoms. The quantitative estimate of drug-likeness (QED) is 0.353. The minimum absolute atomic E-state index is 0.316. The Morgan fingerprint density at radius 1 is 1.00 bits per heavy atom. The molecule has 0 saturated carbocycles. The van der Waals surface area contributed by atoms with E-state index in [0.717, 1.165) is 3.57 Å². The predicted molar refractivity (Wildman–Crippen MR) is 73.4 cm³/mol. The molecule has 0 heterocycles. The van der Waals surface area contributed by atoms with Crippen molar-refractivity contribution in [3.05, 3.63) is 62.7 Å². The fraction of sp³-hybridized carbons (Fsp3) is 0. The number of hydrogen-bond acceptors (Lipinski definition) is 1. The van der Waals surface area contributed by atoms with Gasteiger partial charge in [-0.1, -0.05) is 6.07 Å². The zero-order valence-electron chi connectivity index (χ0n) is 9.68. The molecule has 2 nitrogen and oxygen atoms in total. The Labute approximate surface area is 124 Å². The summed E-state index contributed by atoms with van der Waals surface area (Å²) in [5.41, 5.74) is -0.577. The maximum absolute atomic E-state index is 13.4. The maximum Gasteiger partial charge on any atom is 0.258 e. The molecule has 1 N–H and O–H groups in total. The molecule has 0 aromatic heterocycles. The average Bonchev–Trinajstić information content (AvgIpc) is 2.40. The molecular formula is C13H6F4INO. The number of hydrogen-bond donors (Lipinski definition) is 1. The number of carbonyl (C=O) groups is 1. The predicted octanol–water partition coefficient (Wildman–Crippen LogP) is 4.10. The number of carbonyl (C=O) groups excluding carboxylic acids is 1. The Morgan fingerprint density at radius 2 is 1.70 bits per heavy atom. The van der Waals surface area contributed by atoms with Gasteiger partial charge in [0.05, 0.1) is 5.56 Å². The van der Waals surface area contributed by atoms with Crippen molar-refractivity contribution in [1.29, 1.82) is 0 Å². The van der Waals surface area contributed by atoms with Crippen molar-refractivity contribution in [2.45, 2.75) is 0 Å². The minimum atomic E-state index is -2.02. The van der Waals surface area contributed by atoms with E-state index in [4.69, 9.17) is 0 Å². The van der Waals surface area contributed by atoms with E-state index in [2.05, 4.69) is 5.32 Å². The SMILES string of the molecule is O=C(Nc1cccc(I)c1)c1cc(F)c(F)c(F)c1F. The molecule has 20 heavy (non-hydrogen) atoms. The first-order valence-corrected chi connectivity index (χ1v) is 6.38. The van der Waals surface area contributed by atoms with Gasteiger partial charge < -0.3 is 5.32 Å². The molecule has 2 aromatic rings. The van der Waals surface area contributed by atoms with Crippen LogP contribution in [0.3, 0.4) is 0 Å². The summed E-state index contributed by atoms with van der Waals surface area (Å²) in [4.78, 5) is 11.8. The molecule has 0 aliphatic heterocycles. The summed E-state index contributed by atoms with van der Waals surface area (Å²) in [7, 11) is 0. The van der Waals surface area contributed by atoms with Crippen LogP contribution in [0.2, 0.25) is 0 Å². The smallest absolute Gasteiger partial charge is 0.258 e. The molecule has 0 bridgehead atoms. The molecule has 7 heteroatoms. The second-order valence-electron chi connectivity index (χ2n) is 3.81. The van der Waals surface area contributed by atoms with Crippen molar-refractivity contribution < 1.29 is 22.4 Å². The van der Waals surface area contributed by atoms with E-state index >= 15 is 0 Å². The van der Waals surface area contributed by atoms with Crippen molar-refractivity contribution in [3.8, 4) is 0 Å². The number of benzene rings is 2. The topological polar surface area (TPSA) is 29.1 Å². The van der Waals surface area contributed by atoms with Crippen LogP contribution >= 0.6 is 22.6 Å². The molecule has 0 aliphatic rings. The molecule has 0 fully saturated rings. The summed E-state index contributed by atoms with van der Waals surface area (Å²) in [6.45, 7) is 0. The van der Waals surface area contributed by atoms with Crippen LogP contribution in [-0.2, 0) is 0 Å². The summed E-state index contributed by atoms with van der Waals surface area (Å²) < 4.78 is 53.1. The average molecular weight is 395 g/mol. The minimum Gasteiger partial charge on any atom is -0.322 e. The second-order valence-corrected chi connectivity index (χ2v) is 5.06. The van der Waals surface area contributed by atoms with E-state index in [1.165, 1.54) is 6.07 Å². The van der Waals surface area contributed by atoms with Gasteiger partial charge in [0.15, 0.2) is 23.3 Å². The van der Waals surface area contributed by atoms with Gasteiger partial charge >= 0.3 is 0 Å². The summed E-state index contributed by atoms with van der Waals surface area (Å²) >= 11 is 1.99. The van der Waals surface area contributed by atoms with Crippen LogP contribution in [-0.4, -0.2) is 5.91 Å². The Kier molecular flexibility index (Phi) is 4.26. The van der Waals surface area contributed by atoms with Crippen molar-refractivity contribution in [3.63, 3.8) is 0 Å². The normalized spacial score (nSPS) is 10.4. The van der Waals surface area contributed by atoms with E-state index in [-0.39, 0.29) is 0 Å². The summed E-state index contributed by atoms with van der Waals surface area (Å²) in [5.74, 6) is -8.39. The second kappa shape index (κ2) is 5.78. The highest BCUT2D eigenvalue weighted by Crippen LogP contribution is 2.20. The molecule has 0 unspecified atom stereocenters. The molecule has 2 rings (SSSR count). The molecule has 104 valence electrons. The number of anilines is 1. The number of amides is 1. The monoisotopic (exact) mass is 395 g/mol. The Bertz CT molecular complexity index is 690. The van der Waals surface area contributed by atoms with Gasteiger partial charge in [-0.2, -0.15) is 0 Å². The van der Waals surface area contributed by atoms with Crippen LogP contribution in [0.1, 0.15) is 10.4 Å². The lowest BCUT2D eigenvalue weighted by atomic mass is 10.1. The number of halogens is 5. The molecule has 0 saturated heterocycles. The number of nitrogens with one attached hydrogen (secondary N) is 1. The van der Waals surface area contributed by atoms with E-state index in [1.807, 2.05) is 22.6 Å². The molecule has 0 atom stereocenters. The Hall–Kier alpha value is -1.64. The van der Waals surface area contributed by atoms with E-state index < -0.39 is 34.7 Å². The van der Waals surface area contributed by atoms with Gasteiger partial charge in [-0.3, -0.25) is 4.79 Å². The Balaban J connectivity index is 2.35. The lowest BCUT2D eigenvalue weighted by Crippen LogP contribution is -2.16. The number of rotatable bonds is 2. The van der Waals surface area contributed by atoms with Gasteiger partial charge in [0.25, 0.3) is 5.91 Å². The zero-order chi connectivity index (χ0) is 14.9. The molecule has 1 amide bonds. The summed E-state index contributed by atoms with van der Waals surface area (Å²) in [6, 6.07) is 6.81. The standard InChI is InChI=1S/C13H6F4INO/c14-9-5-8(10(15)12(17)11(9)16)13(20)19-7-3-1-2-6(18)4-7/h1-5H,(H,19,20). The first kappa shape index (κ1) is 14.8. The van der Waals surface area contributed by atoms with Crippen LogP contribution in [0.25, 0.3) is 0 Å². The van der Waals surface area contributed by atoms with Crippen molar-refractivity contribution in [2.24, 2.45) is 0 Å². The fourth-order valence-corrected chi connectivity index (χ4v) is 2.05. The lowest BCUT2D eigenvalue weighted by Gasteiger charge is -2.08. The highest BCUT2D eigenvalue weighted by molar-refractivity contribution is 14.1. The lowest BCUT2D eigenvalue weighted by molar-refractivity contribution is 0.102. The van der Waals surface area contributed by atoms with E-state index in [9.17, 15) is 22.4 Å². The van der Waals surface area contributed by atoms with E-state index in [0.29, 0.717) is 11.8 Å². The van der Waals surface area contributed by atoms with Crippen molar-refractivity contribution in [2.75, 3.05) is 5.32 Å². The van der Waals surface area contributed by atoms with Gasteiger partial charge in [-0.15, -0.1) is 0 Å². The fourth-order valence-electron chi connectivity index (χ4n) is 1.50. The van der Waals surface area contributed by atoms with Crippen LogP contribution in [0.5, 0.6) is 0 Å². The summed E-state index contributed by atoms with van der Waals surface area (Å²) in [6.07, 6.45) is 0. The van der Waals surface area contributed by atoms with Gasteiger partial charge in [-0.25, -0.2) is 17.6 Å².